The first-order valence-electron chi connectivity index (χ1n) is 8.01. The molecule has 2 heterocycles. The van der Waals surface area contributed by atoms with E-state index < -0.39 is 0 Å². The van der Waals surface area contributed by atoms with Gasteiger partial charge in [-0.3, -0.25) is 4.79 Å². The van der Waals surface area contributed by atoms with Gasteiger partial charge in [-0.1, -0.05) is 0 Å². The molecule has 2 N–H and O–H groups in total. The Labute approximate surface area is 160 Å². The summed E-state index contributed by atoms with van der Waals surface area (Å²) in [6.45, 7) is 3.79. The van der Waals surface area contributed by atoms with E-state index in [1.165, 1.54) is 5.75 Å². The lowest BCUT2D eigenvalue weighted by Gasteiger charge is -2.38. The zero-order valence-corrected chi connectivity index (χ0v) is 17.4. The van der Waals surface area contributed by atoms with E-state index in [9.17, 15) is 4.79 Å². The molecule has 2 rings (SSSR count). The van der Waals surface area contributed by atoms with Gasteiger partial charge >= 0.3 is 0 Å². The van der Waals surface area contributed by atoms with Gasteiger partial charge in [0.25, 0.3) is 0 Å². The molecular weight excluding hydrogens is 427 g/mol. The summed E-state index contributed by atoms with van der Waals surface area (Å²) in [5, 5.41) is 6.71. The van der Waals surface area contributed by atoms with Crippen molar-refractivity contribution in [2.24, 2.45) is 4.99 Å². The third-order valence-corrected chi connectivity index (χ3v) is 5.34. The molecule has 0 aromatic carbocycles. The van der Waals surface area contributed by atoms with Crippen LogP contribution in [0.4, 0.5) is 0 Å². The molecule has 0 aromatic rings. The van der Waals surface area contributed by atoms with Gasteiger partial charge < -0.3 is 20.3 Å². The van der Waals surface area contributed by atoms with E-state index in [2.05, 4.69) is 15.6 Å². The molecule has 2 aliphatic heterocycles. The Bertz CT molecular complexity index is 414. The van der Waals surface area contributed by atoms with E-state index in [1.807, 2.05) is 18.7 Å². The zero-order chi connectivity index (χ0) is 16.0. The number of nitrogens with zero attached hydrogens (tertiary/aromatic N) is 2. The van der Waals surface area contributed by atoms with Crippen molar-refractivity contribution in [3.8, 4) is 0 Å². The van der Waals surface area contributed by atoms with Crippen molar-refractivity contribution in [3.63, 3.8) is 0 Å². The highest BCUT2D eigenvalue weighted by molar-refractivity contribution is 14.0. The predicted octanol–water partition coefficient (Wildman–Crippen LogP) is 1.30. The molecule has 8 heteroatoms. The van der Waals surface area contributed by atoms with Gasteiger partial charge in [0.1, 0.15) is 6.54 Å². The van der Waals surface area contributed by atoms with Gasteiger partial charge in [-0.2, -0.15) is 11.8 Å². The van der Waals surface area contributed by atoms with Crippen molar-refractivity contribution in [2.75, 3.05) is 45.3 Å². The van der Waals surface area contributed by atoms with Crippen LogP contribution in [0.15, 0.2) is 4.99 Å². The molecule has 2 saturated heterocycles. The summed E-state index contributed by atoms with van der Waals surface area (Å²) in [4.78, 5) is 17.7. The van der Waals surface area contributed by atoms with Gasteiger partial charge in [-0.25, -0.2) is 4.99 Å². The maximum atomic E-state index is 11.7. The first kappa shape index (κ1) is 20.8. The summed E-state index contributed by atoms with van der Waals surface area (Å²) in [5.74, 6) is 3.02. The van der Waals surface area contributed by atoms with Crippen LogP contribution in [0.2, 0.25) is 0 Å². The fourth-order valence-electron chi connectivity index (χ4n) is 2.82. The molecule has 1 spiro atoms. The minimum Gasteiger partial charge on any atom is -0.374 e. The average molecular weight is 456 g/mol. The molecule has 2 fully saturated rings. The fourth-order valence-corrected chi connectivity index (χ4v) is 4.19. The second-order valence-corrected chi connectivity index (χ2v) is 7.26. The number of rotatable bonds is 4. The maximum absolute atomic E-state index is 11.7. The number of hydrogen-bond acceptors (Lipinski definition) is 4. The number of halogens is 1. The number of carbonyl (C=O) groups excluding carboxylic acids is 1. The van der Waals surface area contributed by atoms with Gasteiger partial charge in [0.2, 0.25) is 5.91 Å². The monoisotopic (exact) mass is 456 g/mol. The van der Waals surface area contributed by atoms with E-state index in [-0.39, 0.29) is 42.0 Å². The summed E-state index contributed by atoms with van der Waals surface area (Å²) < 4.78 is 6.05. The number of likely N-dealkylation sites (N-methyl/N-ethyl adjacent to an activating group) is 1. The van der Waals surface area contributed by atoms with Crippen LogP contribution in [-0.2, 0) is 9.53 Å². The number of guanidine groups is 1. The lowest BCUT2D eigenvalue weighted by Crippen LogP contribution is -2.51. The topological polar surface area (TPSA) is 66.0 Å². The summed E-state index contributed by atoms with van der Waals surface area (Å²) >= 11 is 1.98. The van der Waals surface area contributed by atoms with Crippen molar-refractivity contribution < 1.29 is 9.53 Å². The van der Waals surface area contributed by atoms with Crippen molar-refractivity contribution in [1.82, 2.24) is 15.5 Å². The Morgan fingerprint density at radius 3 is 2.87 bits per heavy atom. The Balaban J connectivity index is 0.00000264. The van der Waals surface area contributed by atoms with Gasteiger partial charge in [-0.05, 0) is 31.9 Å². The Morgan fingerprint density at radius 1 is 1.48 bits per heavy atom. The van der Waals surface area contributed by atoms with Crippen LogP contribution < -0.4 is 10.6 Å². The third-order valence-electron chi connectivity index (χ3n) is 4.12. The van der Waals surface area contributed by atoms with Gasteiger partial charge in [0, 0.05) is 39.0 Å². The van der Waals surface area contributed by atoms with E-state index in [0.717, 1.165) is 44.1 Å². The normalized spacial score (nSPS) is 27.4. The summed E-state index contributed by atoms with van der Waals surface area (Å²) in [6, 6.07) is 0.361. The Morgan fingerprint density at radius 2 is 2.26 bits per heavy atom. The third kappa shape index (κ3) is 6.30. The smallest absolute Gasteiger partial charge is 0.243 e. The number of thioether (sulfide) groups is 1. The Hall–Kier alpha value is -0.220. The molecule has 0 saturated carbocycles. The highest BCUT2D eigenvalue weighted by atomic mass is 127. The molecule has 2 unspecified atom stereocenters. The standard InChI is InChI=1S/C15H28N4O2S.HI/c1-4-16-14(17-10-13(20)19(2)3)18-12-5-7-21-15(9-12)6-8-22-11-15;/h12H,4-11H2,1-3H3,(H2,16,17,18);1H. The van der Waals surface area contributed by atoms with Crippen LogP contribution in [-0.4, -0.2) is 73.7 Å². The van der Waals surface area contributed by atoms with Crippen molar-refractivity contribution in [3.05, 3.63) is 0 Å². The molecule has 2 atom stereocenters. The van der Waals surface area contributed by atoms with Crippen LogP contribution in [0.25, 0.3) is 0 Å². The number of aliphatic imine (C=N–C) groups is 1. The summed E-state index contributed by atoms with van der Waals surface area (Å²) in [6.07, 6.45) is 3.15. The van der Waals surface area contributed by atoms with E-state index >= 15 is 0 Å². The minimum atomic E-state index is 0. The number of nitrogens with one attached hydrogen (secondary N) is 2. The van der Waals surface area contributed by atoms with Crippen molar-refractivity contribution in [2.45, 2.75) is 37.8 Å². The Kier molecular flexibility index (Phi) is 8.99. The van der Waals surface area contributed by atoms with Gasteiger partial charge in [-0.15, -0.1) is 24.0 Å². The summed E-state index contributed by atoms with van der Waals surface area (Å²) in [7, 11) is 3.50. The highest BCUT2D eigenvalue weighted by Crippen LogP contribution is 2.38. The fraction of sp³-hybridized carbons (Fsp3) is 0.867. The van der Waals surface area contributed by atoms with Crippen LogP contribution in [0.1, 0.15) is 26.2 Å². The number of amides is 1. The quantitative estimate of drug-likeness (QED) is 0.380. The molecule has 0 radical (unpaired) electrons. The largest absolute Gasteiger partial charge is 0.374 e. The molecule has 23 heavy (non-hydrogen) atoms. The van der Waals surface area contributed by atoms with Gasteiger partial charge in [0.15, 0.2) is 5.96 Å². The lowest BCUT2D eigenvalue weighted by molar-refractivity contribution is -0.127. The molecule has 2 aliphatic rings. The maximum Gasteiger partial charge on any atom is 0.243 e. The van der Waals surface area contributed by atoms with Gasteiger partial charge in [0.05, 0.1) is 5.60 Å². The van der Waals surface area contributed by atoms with Crippen LogP contribution in [0.5, 0.6) is 0 Å². The van der Waals surface area contributed by atoms with E-state index in [0.29, 0.717) is 6.04 Å². The molecule has 134 valence electrons. The van der Waals surface area contributed by atoms with Crippen LogP contribution >= 0.6 is 35.7 Å². The second-order valence-electron chi connectivity index (χ2n) is 6.15. The zero-order valence-electron chi connectivity index (χ0n) is 14.3. The average Bonchev–Trinajstić information content (AvgIpc) is 2.92. The molecule has 0 aromatic heterocycles. The van der Waals surface area contributed by atoms with Crippen molar-refractivity contribution >= 4 is 47.6 Å². The molecule has 6 nitrogen and oxygen atoms in total. The number of ether oxygens (including phenoxy) is 1. The number of carbonyl (C=O) groups is 1. The molecule has 1 amide bonds. The van der Waals surface area contributed by atoms with Crippen LogP contribution in [0, 0.1) is 0 Å². The molecule has 0 bridgehead atoms. The van der Waals surface area contributed by atoms with Crippen LogP contribution in [0.3, 0.4) is 0 Å². The predicted molar refractivity (Wildman–Crippen MR) is 107 cm³/mol. The minimum absolute atomic E-state index is 0. The lowest BCUT2D eigenvalue weighted by atomic mass is 9.90. The van der Waals surface area contributed by atoms with E-state index in [1.54, 1.807) is 19.0 Å². The molecule has 0 aliphatic carbocycles. The first-order chi connectivity index (χ1) is 10.5. The highest BCUT2D eigenvalue weighted by Gasteiger charge is 2.40. The van der Waals surface area contributed by atoms with Crippen molar-refractivity contribution in [1.29, 1.82) is 0 Å². The summed E-state index contributed by atoms with van der Waals surface area (Å²) in [5.41, 5.74) is 0.0529. The SMILES string of the molecule is CCNC(=NCC(=O)N(C)C)NC1CCOC2(CCSC2)C1.I. The molecular formula is C15H29IN4O2S. The first-order valence-corrected chi connectivity index (χ1v) is 9.17. The van der Waals surface area contributed by atoms with E-state index in [4.69, 9.17) is 4.74 Å². The number of hydrogen-bond donors (Lipinski definition) is 2. The second kappa shape index (κ2) is 9.93.